The summed E-state index contributed by atoms with van der Waals surface area (Å²) in [6, 6.07) is 4.75. The molecule has 118 valence electrons. The Balaban J connectivity index is 2.03. The maximum Gasteiger partial charge on any atom is 0.133 e. The predicted molar refractivity (Wildman–Crippen MR) is 90.6 cm³/mol. The number of rotatable bonds is 4. The molecule has 0 aliphatic carbocycles. The molecule has 21 heavy (non-hydrogen) atoms. The van der Waals surface area contributed by atoms with Crippen LogP contribution in [0.1, 0.15) is 53.0 Å². The van der Waals surface area contributed by atoms with E-state index in [4.69, 9.17) is 0 Å². The van der Waals surface area contributed by atoms with Crippen molar-refractivity contribution >= 4 is 5.82 Å². The van der Waals surface area contributed by atoms with E-state index in [1.165, 1.54) is 24.2 Å². The molecule has 0 radical (unpaired) electrons. The van der Waals surface area contributed by atoms with E-state index < -0.39 is 0 Å². The van der Waals surface area contributed by atoms with Gasteiger partial charge in [-0.3, -0.25) is 0 Å². The minimum absolute atomic E-state index is 0.429. The lowest BCUT2D eigenvalue weighted by Gasteiger charge is -2.39. The summed E-state index contributed by atoms with van der Waals surface area (Å²) in [5.74, 6) is 2.01. The number of nitrogens with one attached hydrogen (secondary N) is 1. The average Bonchev–Trinajstić information content (AvgIpc) is 2.44. The van der Waals surface area contributed by atoms with Crippen molar-refractivity contribution < 1.29 is 0 Å². The zero-order chi connectivity index (χ0) is 15.5. The first-order valence-corrected chi connectivity index (χ1v) is 8.30. The zero-order valence-electron chi connectivity index (χ0n) is 14.3. The molecule has 3 heteroatoms. The molecule has 0 atom stereocenters. The van der Waals surface area contributed by atoms with Crippen molar-refractivity contribution in [3.05, 3.63) is 23.9 Å². The van der Waals surface area contributed by atoms with E-state index in [-0.39, 0.29) is 0 Å². The van der Waals surface area contributed by atoms with E-state index in [0.717, 1.165) is 25.6 Å². The Morgan fingerprint density at radius 1 is 1.29 bits per heavy atom. The molecule has 0 unspecified atom stereocenters. The van der Waals surface area contributed by atoms with Crippen molar-refractivity contribution in [2.75, 3.05) is 18.0 Å². The second-order valence-electron chi connectivity index (χ2n) is 7.65. The van der Waals surface area contributed by atoms with Gasteiger partial charge in [-0.25, -0.2) is 4.98 Å². The molecule has 1 fully saturated rings. The fraction of sp³-hybridized carbons (Fsp3) is 0.722. The van der Waals surface area contributed by atoms with Crippen molar-refractivity contribution in [1.82, 2.24) is 10.3 Å². The molecule has 0 spiro atoms. The molecule has 1 aromatic rings. The smallest absolute Gasteiger partial charge is 0.133 e. The summed E-state index contributed by atoms with van der Waals surface area (Å²) in [5, 5.41) is 3.51. The second kappa shape index (κ2) is 6.78. The van der Waals surface area contributed by atoms with Gasteiger partial charge in [0.05, 0.1) is 0 Å². The van der Waals surface area contributed by atoms with Gasteiger partial charge >= 0.3 is 0 Å². The first-order valence-electron chi connectivity index (χ1n) is 8.30. The minimum atomic E-state index is 0.429. The second-order valence-corrected chi connectivity index (χ2v) is 7.65. The normalized spacial score (nSPS) is 17.5. The van der Waals surface area contributed by atoms with Crippen LogP contribution in [-0.4, -0.2) is 24.1 Å². The fourth-order valence-electron chi connectivity index (χ4n) is 3.12. The predicted octanol–water partition coefficient (Wildman–Crippen LogP) is 3.84. The number of piperidine rings is 1. The summed E-state index contributed by atoms with van der Waals surface area (Å²) in [4.78, 5) is 7.13. The van der Waals surface area contributed by atoms with Crippen LogP contribution in [0.3, 0.4) is 0 Å². The lowest BCUT2D eigenvalue weighted by atomic mass is 9.75. The monoisotopic (exact) mass is 289 g/mol. The maximum atomic E-state index is 4.65. The SMILES string of the molecule is CC(C)NCc1cccnc1N1CCC(C(C)(C)C)CC1. The van der Waals surface area contributed by atoms with Crippen LogP contribution in [0.2, 0.25) is 0 Å². The van der Waals surface area contributed by atoms with Crippen LogP contribution < -0.4 is 10.2 Å². The van der Waals surface area contributed by atoms with E-state index in [1.54, 1.807) is 0 Å². The highest BCUT2D eigenvalue weighted by atomic mass is 15.2. The van der Waals surface area contributed by atoms with Gasteiger partial charge in [0.25, 0.3) is 0 Å². The minimum Gasteiger partial charge on any atom is -0.356 e. The van der Waals surface area contributed by atoms with Gasteiger partial charge in [-0.2, -0.15) is 0 Å². The Bertz CT molecular complexity index is 440. The first kappa shape index (κ1) is 16.3. The Hall–Kier alpha value is -1.09. The molecule has 0 aromatic carbocycles. The Morgan fingerprint density at radius 2 is 1.95 bits per heavy atom. The van der Waals surface area contributed by atoms with Crippen molar-refractivity contribution in [2.24, 2.45) is 11.3 Å². The van der Waals surface area contributed by atoms with E-state index in [2.05, 4.69) is 55.9 Å². The molecule has 1 saturated heterocycles. The van der Waals surface area contributed by atoms with Crippen LogP contribution >= 0.6 is 0 Å². The fourth-order valence-corrected chi connectivity index (χ4v) is 3.12. The molecule has 1 N–H and O–H groups in total. The molecule has 0 amide bonds. The number of hydrogen-bond acceptors (Lipinski definition) is 3. The quantitative estimate of drug-likeness (QED) is 0.912. The van der Waals surface area contributed by atoms with Gasteiger partial charge in [-0.15, -0.1) is 0 Å². The highest BCUT2D eigenvalue weighted by molar-refractivity contribution is 5.47. The highest BCUT2D eigenvalue weighted by Crippen LogP contribution is 2.35. The van der Waals surface area contributed by atoms with Crippen molar-refractivity contribution in [2.45, 2.75) is 60.0 Å². The lowest BCUT2D eigenvalue weighted by Crippen LogP contribution is -2.39. The molecule has 0 bridgehead atoms. The molecular formula is C18H31N3. The molecule has 2 rings (SSSR count). The average molecular weight is 289 g/mol. The van der Waals surface area contributed by atoms with Crippen molar-refractivity contribution in [3.8, 4) is 0 Å². The van der Waals surface area contributed by atoms with Gasteiger partial charge in [0, 0.05) is 37.4 Å². The summed E-state index contributed by atoms with van der Waals surface area (Å²) in [7, 11) is 0. The Morgan fingerprint density at radius 3 is 2.52 bits per heavy atom. The van der Waals surface area contributed by atoms with Crippen LogP contribution in [0, 0.1) is 11.3 Å². The van der Waals surface area contributed by atoms with Crippen LogP contribution in [0.25, 0.3) is 0 Å². The standard InChI is InChI=1S/C18H31N3/c1-14(2)20-13-15-7-6-10-19-17(15)21-11-8-16(9-12-21)18(3,4)5/h6-7,10,14,16,20H,8-9,11-13H2,1-5H3. The van der Waals surface area contributed by atoms with Gasteiger partial charge in [0.1, 0.15) is 5.82 Å². The molecule has 1 aromatic heterocycles. The Kier molecular flexibility index (Phi) is 5.26. The first-order chi connectivity index (χ1) is 9.88. The summed E-state index contributed by atoms with van der Waals surface area (Å²) in [6.07, 6.45) is 4.47. The Labute approximate surface area is 130 Å². The summed E-state index contributed by atoms with van der Waals surface area (Å²) >= 11 is 0. The lowest BCUT2D eigenvalue weighted by molar-refractivity contribution is 0.198. The largest absolute Gasteiger partial charge is 0.356 e. The summed E-state index contributed by atoms with van der Waals surface area (Å²) in [6.45, 7) is 14.6. The highest BCUT2D eigenvalue weighted by Gasteiger charge is 2.29. The number of nitrogens with zero attached hydrogens (tertiary/aromatic N) is 2. The number of anilines is 1. The molecular weight excluding hydrogens is 258 g/mol. The number of hydrogen-bond donors (Lipinski definition) is 1. The van der Waals surface area contributed by atoms with E-state index in [1.807, 2.05) is 12.3 Å². The van der Waals surface area contributed by atoms with Gasteiger partial charge in [-0.05, 0) is 30.2 Å². The molecule has 1 aliphatic heterocycles. The topological polar surface area (TPSA) is 28.2 Å². The third-order valence-electron chi connectivity index (χ3n) is 4.59. The summed E-state index contributed by atoms with van der Waals surface area (Å²) in [5.41, 5.74) is 1.75. The third-order valence-corrected chi connectivity index (χ3v) is 4.59. The van der Waals surface area contributed by atoms with Gasteiger partial charge in [0.15, 0.2) is 0 Å². The van der Waals surface area contributed by atoms with Crippen LogP contribution in [-0.2, 0) is 6.54 Å². The molecule has 2 heterocycles. The van der Waals surface area contributed by atoms with Crippen molar-refractivity contribution in [1.29, 1.82) is 0 Å². The van der Waals surface area contributed by atoms with E-state index >= 15 is 0 Å². The van der Waals surface area contributed by atoms with Gasteiger partial charge in [-0.1, -0.05) is 40.7 Å². The molecule has 0 saturated carbocycles. The number of aromatic nitrogens is 1. The number of pyridine rings is 1. The molecule has 1 aliphatic rings. The maximum absolute atomic E-state index is 4.65. The van der Waals surface area contributed by atoms with Crippen LogP contribution in [0.15, 0.2) is 18.3 Å². The van der Waals surface area contributed by atoms with Gasteiger partial charge < -0.3 is 10.2 Å². The van der Waals surface area contributed by atoms with Crippen LogP contribution in [0.4, 0.5) is 5.82 Å². The zero-order valence-corrected chi connectivity index (χ0v) is 14.3. The third kappa shape index (κ3) is 4.44. The molecule has 3 nitrogen and oxygen atoms in total. The summed E-state index contributed by atoms with van der Waals surface area (Å²) < 4.78 is 0. The van der Waals surface area contributed by atoms with Crippen LogP contribution in [0.5, 0.6) is 0 Å². The van der Waals surface area contributed by atoms with E-state index in [9.17, 15) is 0 Å². The van der Waals surface area contributed by atoms with Crippen molar-refractivity contribution in [3.63, 3.8) is 0 Å². The van der Waals surface area contributed by atoms with Gasteiger partial charge in [0.2, 0.25) is 0 Å². The van der Waals surface area contributed by atoms with E-state index in [0.29, 0.717) is 11.5 Å².